The normalized spacial score (nSPS) is 18.5. The van der Waals surface area contributed by atoms with Crippen molar-refractivity contribution in [1.82, 2.24) is 0 Å². The molecule has 0 spiro atoms. The molecule has 0 saturated carbocycles. The first-order valence-electron chi connectivity index (χ1n) is 6.80. The van der Waals surface area contributed by atoms with Crippen LogP contribution in [0.2, 0.25) is 0 Å². The van der Waals surface area contributed by atoms with Crippen molar-refractivity contribution in [2.75, 3.05) is 0 Å². The van der Waals surface area contributed by atoms with Crippen LogP contribution in [0, 0.1) is 0 Å². The van der Waals surface area contributed by atoms with Gasteiger partial charge in [0.2, 0.25) is 0 Å². The van der Waals surface area contributed by atoms with Gasteiger partial charge in [-0.2, -0.15) is 0 Å². The van der Waals surface area contributed by atoms with Crippen LogP contribution in [0.25, 0.3) is 0 Å². The highest BCUT2D eigenvalue weighted by molar-refractivity contribution is 9.10. The van der Waals surface area contributed by atoms with Gasteiger partial charge < -0.3 is 5.73 Å². The Kier molecular flexibility index (Phi) is 3.72. The molecule has 0 heterocycles. The van der Waals surface area contributed by atoms with Gasteiger partial charge in [0.25, 0.3) is 0 Å². The lowest BCUT2D eigenvalue weighted by Crippen LogP contribution is -2.29. The second-order valence-electron chi connectivity index (χ2n) is 5.43. The minimum atomic E-state index is 0.243. The van der Waals surface area contributed by atoms with E-state index in [2.05, 4.69) is 64.5 Å². The van der Waals surface area contributed by atoms with E-state index in [9.17, 15) is 0 Å². The van der Waals surface area contributed by atoms with E-state index in [-0.39, 0.29) is 6.04 Å². The van der Waals surface area contributed by atoms with E-state index in [1.807, 2.05) is 0 Å². The zero-order valence-electron chi connectivity index (χ0n) is 10.9. The van der Waals surface area contributed by atoms with Crippen LogP contribution in [0.15, 0.2) is 53.0 Å². The molecule has 98 valence electrons. The zero-order chi connectivity index (χ0) is 13.2. The molecule has 0 fully saturated rings. The molecule has 1 aliphatic carbocycles. The van der Waals surface area contributed by atoms with E-state index in [0.29, 0.717) is 5.92 Å². The van der Waals surface area contributed by atoms with Crippen molar-refractivity contribution in [3.05, 3.63) is 69.7 Å². The number of rotatable bonds is 4. The molecular formula is C17H18BrN. The molecule has 2 aromatic carbocycles. The van der Waals surface area contributed by atoms with Crippen molar-refractivity contribution in [3.8, 4) is 0 Å². The second-order valence-corrected chi connectivity index (χ2v) is 6.35. The van der Waals surface area contributed by atoms with E-state index in [1.165, 1.54) is 23.1 Å². The maximum atomic E-state index is 6.31. The van der Waals surface area contributed by atoms with Crippen molar-refractivity contribution < 1.29 is 0 Å². The summed E-state index contributed by atoms with van der Waals surface area (Å²) >= 11 is 3.51. The Hall–Kier alpha value is -1.12. The number of halogens is 1. The Labute approximate surface area is 123 Å². The molecule has 0 aromatic heterocycles. The molecule has 1 nitrogen and oxygen atoms in total. The number of hydrogen-bond acceptors (Lipinski definition) is 1. The van der Waals surface area contributed by atoms with Crippen LogP contribution < -0.4 is 5.73 Å². The molecule has 2 unspecified atom stereocenters. The lowest BCUT2D eigenvalue weighted by molar-refractivity contribution is 0.484. The van der Waals surface area contributed by atoms with E-state index in [0.717, 1.165) is 17.3 Å². The fraction of sp³-hybridized carbons (Fsp3) is 0.294. The third-order valence-electron chi connectivity index (χ3n) is 3.94. The second kappa shape index (κ2) is 5.48. The monoisotopic (exact) mass is 315 g/mol. The van der Waals surface area contributed by atoms with Crippen LogP contribution in [0.4, 0.5) is 0 Å². The zero-order valence-corrected chi connectivity index (χ0v) is 12.4. The number of hydrogen-bond donors (Lipinski definition) is 1. The van der Waals surface area contributed by atoms with Gasteiger partial charge in [0.15, 0.2) is 0 Å². The Balaban J connectivity index is 1.60. The van der Waals surface area contributed by atoms with Gasteiger partial charge in [-0.25, -0.2) is 0 Å². The summed E-state index contributed by atoms with van der Waals surface area (Å²) in [5.41, 5.74) is 10.6. The summed E-state index contributed by atoms with van der Waals surface area (Å²) in [5.74, 6) is 0.665. The van der Waals surface area contributed by atoms with Gasteiger partial charge in [0, 0.05) is 10.5 Å². The molecule has 2 atom stereocenters. The third-order valence-corrected chi connectivity index (χ3v) is 4.43. The standard InChI is InChI=1S/C17H18BrN/c18-15-6-3-4-12(8-15)9-16(19)11-14-10-13-5-1-2-7-17(13)14/h1-8,14,16H,9-11,19H2. The molecule has 0 radical (unpaired) electrons. The molecule has 19 heavy (non-hydrogen) atoms. The molecule has 1 aliphatic rings. The molecule has 3 rings (SSSR count). The van der Waals surface area contributed by atoms with Crippen molar-refractivity contribution in [1.29, 1.82) is 0 Å². The predicted molar refractivity (Wildman–Crippen MR) is 83.3 cm³/mol. The Bertz CT molecular complexity index is 579. The molecule has 0 aliphatic heterocycles. The van der Waals surface area contributed by atoms with Crippen LogP contribution in [0.3, 0.4) is 0 Å². The van der Waals surface area contributed by atoms with Gasteiger partial charge >= 0.3 is 0 Å². The third kappa shape index (κ3) is 2.90. The van der Waals surface area contributed by atoms with Crippen molar-refractivity contribution in [2.45, 2.75) is 31.2 Å². The lowest BCUT2D eigenvalue weighted by Gasteiger charge is -2.32. The van der Waals surface area contributed by atoms with Crippen LogP contribution in [0.1, 0.15) is 29.0 Å². The van der Waals surface area contributed by atoms with Crippen molar-refractivity contribution >= 4 is 15.9 Å². The molecule has 2 N–H and O–H groups in total. The number of benzene rings is 2. The first-order valence-corrected chi connectivity index (χ1v) is 7.59. The summed E-state index contributed by atoms with van der Waals surface area (Å²) in [6.07, 6.45) is 3.24. The van der Waals surface area contributed by atoms with E-state index in [4.69, 9.17) is 5.73 Å². The first kappa shape index (κ1) is 12.9. The largest absolute Gasteiger partial charge is 0.327 e. The summed E-state index contributed by atoms with van der Waals surface area (Å²) in [4.78, 5) is 0. The Morgan fingerprint density at radius 1 is 1.16 bits per heavy atom. The first-order chi connectivity index (χ1) is 9.22. The predicted octanol–water partition coefficient (Wildman–Crippen LogP) is 4.05. The fourth-order valence-electron chi connectivity index (χ4n) is 2.99. The molecular weight excluding hydrogens is 298 g/mol. The minimum Gasteiger partial charge on any atom is -0.327 e. The van der Waals surface area contributed by atoms with Crippen molar-refractivity contribution in [3.63, 3.8) is 0 Å². The maximum Gasteiger partial charge on any atom is 0.0178 e. The minimum absolute atomic E-state index is 0.243. The highest BCUT2D eigenvalue weighted by Gasteiger charge is 2.26. The quantitative estimate of drug-likeness (QED) is 0.905. The summed E-state index contributed by atoms with van der Waals surface area (Å²) in [6.45, 7) is 0. The van der Waals surface area contributed by atoms with Crippen LogP contribution >= 0.6 is 15.9 Å². The lowest BCUT2D eigenvalue weighted by atomic mass is 9.74. The average Bonchev–Trinajstić information content (AvgIpc) is 2.36. The van der Waals surface area contributed by atoms with Crippen molar-refractivity contribution in [2.24, 2.45) is 5.73 Å². The van der Waals surface area contributed by atoms with Gasteiger partial charge in [-0.1, -0.05) is 52.3 Å². The molecule has 2 aromatic rings. The Morgan fingerprint density at radius 2 is 2.00 bits per heavy atom. The highest BCUT2D eigenvalue weighted by atomic mass is 79.9. The van der Waals surface area contributed by atoms with Crippen LogP contribution in [0.5, 0.6) is 0 Å². The molecule has 0 amide bonds. The van der Waals surface area contributed by atoms with Gasteiger partial charge in [-0.05, 0) is 54.0 Å². The highest BCUT2D eigenvalue weighted by Crippen LogP contribution is 2.38. The Morgan fingerprint density at radius 3 is 2.79 bits per heavy atom. The van der Waals surface area contributed by atoms with E-state index < -0.39 is 0 Å². The fourth-order valence-corrected chi connectivity index (χ4v) is 3.44. The molecule has 2 heteroatoms. The number of fused-ring (bicyclic) bond motifs is 1. The summed E-state index contributed by atoms with van der Waals surface area (Å²) < 4.78 is 1.13. The topological polar surface area (TPSA) is 26.0 Å². The van der Waals surface area contributed by atoms with Gasteiger partial charge in [-0.3, -0.25) is 0 Å². The maximum absolute atomic E-state index is 6.31. The summed E-state index contributed by atoms with van der Waals surface area (Å²) in [6, 6.07) is 17.4. The van der Waals surface area contributed by atoms with Gasteiger partial charge in [-0.15, -0.1) is 0 Å². The summed E-state index contributed by atoms with van der Waals surface area (Å²) in [5, 5.41) is 0. The van der Waals surface area contributed by atoms with Crippen LogP contribution in [-0.4, -0.2) is 6.04 Å². The van der Waals surface area contributed by atoms with Crippen LogP contribution in [-0.2, 0) is 12.8 Å². The van der Waals surface area contributed by atoms with Gasteiger partial charge in [0.1, 0.15) is 0 Å². The SMILES string of the molecule is NC(Cc1cccc(Br)c1)CC1Cc2ccccc21. The summed E-state index contributed by atoms with van der Waals surface area (Å²) in [7, 11) is 0. The number of nitrogens with two attached hydrogens (primary N) is 1. The molecule has 0 bridgehead atoms. The van der Waals surface area contributed by atoms with E-state index in [1.54, 1.807) is 0 Å². The average molecular weight is 316 g/mol. The van der Waals surface area contributed by atoms with Gasteiger partial charge in [0.05, 0.1) is 0 Å². The molecule has 0 saturated heterocycles. The van der Waals surface area contributed by atoms with E-state index >= 15 is 0 Å². The smallest absolute Gasteiger partial charge is 0.0178 e.